The zero-order valence-electron chi connectivity index (χ0n) is 10.2. The predicted octanol–water partition coefficient (Wildman–Crippen LogP) is 1.18. The molecule has 1 atom stereocenters. The van der Waals surface area contributed by atoms with Crippen molar-refractivity contribution in [3.8, 4) is 6.07 Å². The molecule has 90 valence electrons. The molecule has 4 heteroatoms. The maximum atomic E-state index is 10.9. The van der Waals surface area contributed by atoms with Crippen LogP contribution in [0.5, 0.6) is 0 Å². The van der Waals surface area contributed by atoms with E-state index in [0.717, 1.165) is 32.4 Å². The predicted molar refractivity (Wildman–Crippen MR) is 62.7 cm³/mol. The van der Waals surface area contributed by atoms with Crippen molar-refractivity contribution in [3.63, 3.8) is 0 Å². The average Bonchev–Trinajstić information content (AvgIpc) is 2.64. The molecule has 1 fully saturated rings. The molecular formula is C12H21N3O. The second-order valence-corrected chi connectivity index (χ2v) is 5.11. The van der Waals surface area contributed by atoms with Crippen molar-refractivity contribution in [2.24, 2.45) is 5.41 Å². The molecule has 1 unspecified atom stereocenters. The topological polar surface area (TPSA) is 64.9 Å². The molecule has 0 aliphatic carbocycles. The van der Waals surface area contributed by atoms with E-state index in [1.807, 2.05) is 13.8 Å². The van der Waals surface area contributed by atoms with Crippen molar-refractivity contribution in [3.05, 3.63) is 0 Å². The molecule has 0 bridgehead atoms. The Kier molecular flexibility index (Phi) is 4.75. The Bertz CT molecular complexity index is 280. The normalized spacial score (nSPS) is 20.6. The van der Waals surface area contributed by atoms with Crippen molar-refractivity contribution >= 4 is 5.91 Å². The van der Waals surface area contributed by atoms with Crippen LogP contribution in [0.3, 0.4) is 0 Å². The fraction of sp³-hybridized carbons (Fsp3) is 0.833. The van der Waals surface area contributed by atoms with Crippen LogP contribution < -0.4 is 10.6 Å². The van der Waals surface area contributed by atoms with E-state index >= 15 is 0 Å². The summed E-state index contributed by atoms with van der Waals surface area (Å²) in [6.45, 7) is 5.69. The monoisotopic (exact) mass is 223 g/mol. The van der Waals surface area contributed by atoms with Crippen LogP contribution in [0.25, 0.3) is 0 Å². The van der Waals surface area contributed by atoms with Crippen LogP contribution in [0.15, 0.2) is 0 Å². The lowest BCUT2D eigenvalue weighted by atomic mass is 9.90. The van der Waals surface area contributed by atoms with Crippen molar-refractivity contribution in [1.29, 1.82) is 5.26 Å². The lowest BCUT2D eigenvalue weighted by molar-refractivity contribution is -0.119. The Morgan fingerprint density at radius 1 is 1.62 bits per heavy atom. The lowest BCUT2D eigenvalue weighted by Crippen LogP contribution is -2.36. The molecule has 0 radical (unpaired) electrons. The first kappa shape index (κ1) is 13.0. The van der Waals surface area contributed by atoms with E-state index in [0.29, 0.717) is 12.5 Å². The van der Waals surface area contributed by atoms with Gasteiger partial charge in [-0.2, -0.15) is 5.26 Å². The molecule has 0 saturated carbocycles. The van der Waals surface area contributed by atoms with E-state index in [4.69, 9.17) is 5.26 Å². The number of nitrogens with zero attached hydrogens (tertiary/aromatic N) is 1. The smallest absolute Gasteiger partial charge is 0.220 e. The second kappa shape index (κ2) is 5.86. The highest BCUT2D eigenvalue weighted by molar-refractivity contribution is 5.78. The fourth-order valence-electron chi connectivity index (χ4n) is 1.82. The van der Waals surface area contributed by atoms with E-state index < -0.39 is 0 Å². The summed E-state index contributed by atoms with van der Waals surface area (Å²) in [6.07, 6.45) is 3.51. The van der Waals surface area contributed by atoms with Crippen molar-refractivity contribution in [1.82, 2.24) is 10.6 Å². The summed E-state index contributed by atoms with van der Waals surface area (Å²) in [4.78, 5) is 10.9. The van der Waals surface area contributed by atoms with Crippen molar-refractivity contribution < 1.29 is 4.79 Å². The molecular weight excluding hydrogens is 202 g/mol. The third-order valence-electron chi connectivity index (χ3n) is 2.93. The van der Waals surface area contributed by atoms with Gasteiger partial charge in [0.1, 0.15) is 0 Å². The van der Waals surface area contributed by atoms with Crippen molar-refractivity contribution in [2.75, 3.05) is 13.1 Å². The molecule has 16 heavy (non-hydrogen) atoms. The highest BCUT2D eigenvalue weighted by Gasteiger charge is 2.20. The van der Waals surface area contributed by atoms with E-state index in [1.54, 1.807) is 0 Å². The quantitative estimate of drug-likeness (QED) is 0.665. The largest absolute Gasteiger partial charge is 0.352 e. The standard InChI is InChI=1S/C12H21N3O/c1-12(2,9-13)6-3-7-14-8-10-4-5-11(16)15-10/h10,14H,3-8H2,1-2H3,(H,15,16). The van der Waals surface area contributed by atoms with Gasteiger partial charge in [-0.25, -0.2) is 0 Å². The summed E-state index contributed by atoms with van der Waals surface area (Å²) >= 11 is 0. The van der Waals surface area contributed by atoms with Crippen LogP contribution in [-0.2, 0) is 4.79 Å². The van der Waals surface area contributed by atoms with E-state index in [2.05, 4.69) is 16.7 Å². The number of hydrogen-bond donors (Lipinski definition) is 2. The molecule has 0 aromatic rings. The Balaban J connectivity index is 2.01. The molecule has 1 amide bonds. The first-order valence-electron chi connectivity index (χ1n) is 5.95. The van der Waals surface area contributed by atoms with Gasteiger partial charge >= 0.3 is 0 Å². The summed E-state index contributed by atoms with van der Waals surface area (Å²) in [5.41, 5.74) is -0.219. The summed E-state index contributed by atoms with van der Waals surface area (Å²) in [6, 6.07) is 2.60. The highest BCUT2D eigenvalue weighted by Crippen LogP contribution is 2.19. The molecule has 1 rings (SSSR count). The van der Waals surface area contributed by atoms with Crippen LogP contribution in [0, 0.1) is 16.7 Å². The van der Waals surface area contributed by atoms with E-state index in [-0.39, 0.29) is 11.3 Å². The SMILES string of the molecule is CC(C)(C#N)CCCNCC1CCC(=O)N1. The van der Waals surface area contributed by atoms with Gasteiger partial charge in [0.2, 0.25) is 5.91 Å². The van der Waals surface area contributed by atoms with Gasteiger partial charge in [0, 0.05) is 19.0 Å². The Hall–Kier alpha value is -1.08. The van der Waals surface area contributed by atoms with Gasteiger partial charge in [-0.3, -0.25) is 4.79 Å². The van der Waals surface area contributed by atoms with Crippen LogP contribution >= 0.6 is 0 Å². The van der Waals surface area contributed by atoms with Gasteiger partial charge in [0.25, 0.3) is 0 Å². The first-order valence-corrected chi connectivity index (χ1v) is 5.95. The average molecular weight is 223 g/mol. The minimum Gasteiger partial charge on any atom is -0.352 e. The van der Waals surface area contributed by atoms with Gasteiger partial charge in [-0.1, -0.05) is 0 Å². The summed E-state index contributed by atoms with van der Waals surface area (Å²) < 4.78 is 0. The van der Waals surface area contributed by atoms with Gasteiger partial charge in [-0.15, -0.1) is 0 Å². The molecule has 1 heterocycles. The molecule has 2 N–H and O–H groups in total. The lowest BCUT2D eigenvalue weighted by Gasteiger charge is -2.15. The van der Waals surface area contributed by atoms with Crippen LogP contribution in [0.2, 0.25) is 0 Å². The maximum absolute atomic E-state index is 10.9. The number of nitriles is 1. The maximum Gasteiger partial charge on any atom is 0.220 e. The van der Waals surface area contributed by atoms with Crippen LogP contribution in [0.1, 0.15) is 39.5 Å². The molecule has 0 aromatic heterocycles. The van der Waals surface area contributed by atoms with Gasteiger partial charge < -0.3 is 10.6 Å². The Labute approximate surface area is 97.4 Å². The Morgan fingerprint density at radius 2 is 2.38 bits per heavy atom. The summed E-state index contributed by atoms with van der Waals surface area (Å²) in [5.74, 6) is 0.164. The number of carbonyl (C=O) groups is 1. The number of nitrogens with one attached hydrogen (secondary N) is 2. The third kappa shape index (κ3) is 4.63. The molecule has 1 aliphatic heterocycles. The van der Waals surface area contributed by atoms with Gasteiger partial charge in [0.05, 0.1) is 11.5 Å². The molecule has 1 aliphatic rings. The second-order valence-electron chi connectivity index (χ2n) is 5.11. The Morgan fingerprint density at radius 3 is 2.94 bits per heavy atom. The van der Waals surface area contributed by atoms with E-state index in [1.165, 1.54) is 0 Å². The van der Waals surface area contributed by atoms with Crippen LogP contribution in [0.4, 0.5) is 0 Å². The minimum absolute atomic E-state index is 0.164. The highest BCUT2D eigenvalue weighted by atomic mass is 16.1. The number of rotatable bonds is 6. The number of carbonyl (C=O) groups excluding carboxylic acids is 1. The van der Waals surface area contributed by atoms with Gasteiger partial charge in [0.15, 0.2) is 0 Å². The van der Waals surface area contributed by atoms with Crippen LogP contribution in [-0.4, -0.2) is 25.0 Å². The third-order valence-corrected chi connectivity index (χ3v) is 2.93. The number of amides is 1. The zero-order valence-corrected chi connectivity index (χ0v) is 10.2. The molecule has 0 spiro atoms. The summed E-state index contributed by atoms with van der Waals surface area (Å²) in [5, 5.41) is 15.1. The summed E-state index contributed by atoms with van der Waals surface area (Å²) in [7, 11) is 0. The van der Waals surface area contributed by atoms with Crippen molar-refractivity contribution in [2.45, 2.75) is 45.6 Å². The number of hydrogen-bond acceptors (Lipinski definition) is 3. The van der Waals surface area contributed by atoms with Gasteiger partial charge in [-0.05, 0) is 39.7 Å². The molecule has 4 nitrogen and oxygen atoms in total. The fourth-order valence-corrected chi connectivity index (χ4v) is 1.82. The first-order chi connectivity index (χ1) is 7.53. The molecule has 0 aromatic carbocycles. The minimum atomic E-state index is -0.219. The van der Waals surface area contributed by atoms with E-state index in [9.17, 15) is 4.79 Å². The zero-order chi connectivity index (χ0) is 12.0. The molecule has 1 saturated heterocycles.